The van der Waals surface area contributed by atoms with Gasteiger partial charge in [-0.15, -0.1) is 6.58 Å². The molecule has 18 heteroatoms. The number of H-pyrrole nitrogens is 2. The topological polar surface area (TPSA) is 270 Å². The number of para-hydroxylation sites is 2. The van der Waals surface area contributed by atoms with Crippen LogP contribution in [0.4, 0.5) is 4.79 Å². The molecule has 6 atom stereocenters. The highest BCUT2D eigenvalue weighted by atomic mass is 16.2. The minimum absolute atomic E-state index is 0.0332. The molecular formula is C54H67N11O7. The predicted molar refractivity (Wildman–Crippen MR) is 276 cm³/mol. The molecule has 72 heavy (non-hydrogen) atoms. The van der Waals surface area contributed by atoms with Crippen LogP contribution in [-0.4, -0.2) is 118 Å². The van der Waals surface area contributed by atoms with Crippen molar-refractivity contribution >= 4 is 63.2 Å². The van der Waals surface area contributed by atoms with Crippen LogP contribution < -0.4 is 38.2 Å². The lowest BCUT2D eigenvalue weighted by atomic mass is 9.89. The number of hydrogen-bond donors (Lipinski definition) is 9. The van der Waals surface area contributed by atoms with Crippen molar-refractivity contribution in [3.05, 3.63) is 121 Å². The predicted octanol–water partition coefficient (Wildman–Crippen LogP) is 3.28. The van der Waals surface area contributed by atoms with E-state index in [4.69, 9.17) is 11.5 Å². The summed E-state index contributed by atoms with van der Waals surface area (Å²) in [7, 11) is 0. The number of ketones is 1. The largest absolute Gasteiger partial charge is 0.368 e. The second-order valence-corrected chi connectivity index (χ2v) is 18.6. The highest BCUT2D eigenvalue weighted by Gasteiger charge is 2.34. The molecule has 0 unspecified atom stereocenters. The number of hydrogen-bond acceptors (Lipinski definition) is 9. The number of aromatic amines is 2. The summed E-state index contributed by atoms with van der Waals surface area (Å²) in [6.07, 6.45) is 6.37. The van der Waals surface area contributed by atoms with E-state index in [2.05, 4.69) is 55.1 Å². The molecule has 2 aromatic heterocycles. The number of benzene rings is 3. The van der Waals surface area contributed by atoms with E-state index in [9.17, 15) is 33.6 Å². The molecule has 1 aliphatic heterocycles. The highest BCUT2D eigenvalue weighted by Crippen LogP contribution is 2.23. The monoisotopic (exact) mass is 982 g/mol. The number of carbonyl (C=O) groups is 7. The molecule has 0 radical (unpaired) electrons. The fourth-order valence-electron chi connectivity index (χ4n) is 8.59. The standard InChI is InChI=1S/C54H67N11O7/c1-5-24-64-25-14-13-23-44(49(56)67)60-51(69)37(28-36-17-7-6-8-18-36)31-47(66)45(29-38-32-57-42-21-11-9-19-40(38)42)61-50(68)35(4)59-52(70)46(30-39-33-58-43-22-12-10-20-41(39)43)62-54(72)65(27-16-15-26-64)63-53(71)48(55)34(2)3/h5-12,17-22,32-35,37,44-46,48,57-58H,1,13-14,23-31,55H2,2-4H3,(H2,56,67)(H,59,70)(H,60,69)(H,61,68)(H,62,72)(H,63,71)/t35-,37-,44-,45-,46+,48+/m0/s1. The molecule has 380 valence electrons. The van der Waals surface area contributed by atoms with Gasteiger partial charge in [-0.25, -0.2) is 9.80 Å². The first-order valence-electron chi connectivity index (χ1n) is 24.4. The van der Waals surface area contributed by atoms with Crippen LogP contribution in [0.15, 0.2) is 104 Å². The van der Waals surface area contributed by atoms with Gasteiger partial charge in [0.25, 0.3) is 5.91 Å². The summed E-state index contributed by atoms with van der Waals surface area (Å²) in [6.45, 7) is 9.81. The Kier molecular flexibility index (Phi) is 19.3. The maximum Gasteiger partial charge on any atom is 0.337 e. The van der Waals surface area contributed by atoms with Gasteiger partial charge in [-0.1, -0.05) is 98.5 Å². The van der Waals surface area contributed by atoms with Gasteiger partial charge in [0.2, 0.25) is 23.6 Å². The summed E-state index contributed by atoms with van der Waals surface area (Å²) in [5, 5.41) is 13.8. The van der Waals surface area contributed by atoms with Crippen LogP contribution in [0.3, 0.4) is 0 Å². The van der Waals surface area contributed by atoms with Crippen LogP contribution in [0.5, 0.6) is 0 Å². The molecule has 0 spiro atoms. The van der Waals surface area contributed by atoms with Crippen molar-refractivity contribution < 1.29 is 33.6 Å². The zero-order chi connectivity index (χ0) is 51.7. The second kappa shape index (κ2) is 25.9. The van der Waals surface area contributed by atoms with Crippen molar-refractivity contribution in [2.45, 2.75) is 95.9 Å². The van der Waals surface area contributed by atoms with Crippen LogP contribution in [0, 0.1) is 23.7 Å². The van der Waals surface area contributed by atoms with Crippen LogP contribution in [0.2, 0.25) is 0 Å². The van der Waals surface area contributed by atoms with Gasteiger partial charge in [0.1, 0.15) is 24.7 Å². The Labute approximate surface area is 419 Å². The van der Waals surface area contributed by atoms with Crippen LogP contribution in [-0.2, 0) is 48.0 Å². The van der Waals surface area contributed by atoms with Crippen molar-refractivity contribution in [2.75, 3.05) is 26.2 Å². The van der Waals surface area contributed by atoms with Gasteiger partial charge >= 0.3 is 6.03 Å². The normalized spacial score (nSPS) is 21.3. The molecule has 0 fully saturated rings. The van der Waals surface area contributed by atoms with E-state index >= 15 is 0 Å². The quantitative estimate of drug-likeness (QED) is 0.0655. The van der Waals surface area contributed by atoms with Gasteiger partial charge in [-0.3, -0.25) is 39.1 Å². The Morgan fingerprint density at radius 1 is 0.764 bits per heavy atom. The van der Waals surface area contributed by atoms with Gasteiger partial charge in [0.05, 0.1) is 18.6 Å². The lowest BCUT2D eigenvalue weighted by molar-refractivity contribution is -0.134. The Balaban J connectivity index is 1.36. The number of carbonyl (C=O) groups excluding carboxylic acids is 7. The smallest absolute Gasteiger partial charge is 0.337 e. The molecule has 0 bridgehead atoms. The van der Waals surface area contributed by atoms with E-state index in [-0.39, 0.29) is 51.1 Å². The summed E-state index contributed by atoms with van der Waals surface area (Å²) in [5.74, 6) is 0.976. The molecule has 3 heterocycles. The Morgan fingerprint density at radius 2 is 1.38 bits per heavy atom. The number of urea groups is 1. The molecule has 0 saturated heterocycles. The van der Waals surface area contributed by atoms with Crippen molar-refractivity contribution in [1.82, 2.24) is 46.6 Å². The maximum atomic E-state index is 14.7. The zero-order valence-electron chi connectivity index (χ0n) is 41.2. The van der Waals surface area contributed by atoms with Crippen molar-refractivity contribution in [3.8, 4) is 11.8 Å². The number of amides is 7. The summed E-state index contributed by atoms with van der Waals surface area (Å²) in [6, 6.07) is 17.5. The van der Waals surface area contributed by atoms with E-state index in [1.54, 1.807) is 32.3 Å². The van der Waals surface area contributed by atoms with Crippen LogP contribution in [0.25, 0.3) is 21.8 Å². The molecule has 0 saturated carbocycles. The van der Waals surface area contributed by atoms with Gasteiger partial charge in [-0.05, 0) is 73.9 Å². The van der Waals surface area contributed by atoms with Crippen molar-refractivity contribution in [3.63, 3.8) is 0 Å². The van der Waals surface area contributed by atoms with Crippen LogP contribution >= 0.6 is 0 Å². The average Bonchev–Trinajstić information content (AvgIpc) is 3.98. The third-order valence-electron chi connectivity index (χ3n) is 12.9. The molecule has 6 rings (SSSR count). The van der Waals surface area contributed by atoms with E-state index in [1.165, 1.54) is 6.92 Å². The third kappa shape index (κ3) is 14.9. The number of primary amides is 1. The van der Waals surface area contributed by atoms with Crippen molar-refractivity contribution in [2.24, 2.45) is 23.3 Å². The first-order chi connectivity index (χ1) is 34.6. The third-order valence-corrected chi connectivity index (χ3v) is 12.9. The summed E-state index contributed by atoms with van der Waals surface area (Å²) < 4.78 is 0. The fourth-order valence-corrected chi connectivity index (χ4v) is 8.59. The number of nitrogens with one attached hydrogen (secondary N) is 7. The molecular weight excluding hydrogens is 915 g/mol. The van der Waals surface area contributed by atoms with Gasteiger partial charge < -0.3 is 42.7 Å². The number of nitrogens with zero attached hydrogens (tertiary/aromatic N) is 2. The molecule has 11 N–H and O–H groups in total. The van der Waals surface area contributed by atoms with E-state index in [0.29, 0.717) is 31.5 Å². The molecule has 1 aliphatic rings. The molecule has 7 amide bonds. The lowest BCUT2D eigenvalue weighted by Crippen LogP contribution is -2.60. The van der Waals surface area contributed by atoms with Gasteiger partial charge in [-0.2, -0.15) is 0 Å². The number of aromatic nitrogens is 2. The number of Topliss-reactive ketones (excluding diaryl/α,β-unsaturated/α-hetero) is 1. The SMILES string of the molecule is C=CCN1CC#CCN(NC(=O)[C@H](N)C(C)C)C(=O)N[C@H](Cc2c[nH]c3ccccc23)C(=O)N[C@@H](C)C(=O)N[C@@H](Cc2c[nH]c3ccccc23)C(=O)C[C@H](Cc2ccccc2)C(=O)N[C@H](C(N)=O)CCCC1. The number of fused-ring (bicyclic) bond motifs is 2. The molecule has 5 aromatic rings. The zero-order valence-corrected chi connectivity index (χ0v) is 41.2. The van der Waals surface area contributed by atoms with E-state index in [0.717, 1.165) is 37.9 Å². The minimum Gasteiger partial charge on any atom is -0.368 e. The van der Waals surface area contributed by atoms with E-state index in [1.807, 2.05) is 83.8 Å². The Bertz CT molecular complexity index is 2780. The number of nitrogens with two attached hydrogens (primary N) is 2. The van der Waals surface area contributed by atoms with Crippen molar-refractivity contribution in [1.29, 1.82) is 0 Å². The first kappa shape index (κ1) is 53.6. The molecule has 3 aromatic carbocycles. The molecule has 0 aliphatic carbocycles. The number of rotatable bonds is 12. The van der Waals surface area contributed by atoms with Gasteiger partial charge in [0.15, 0.2) is 5.78 Å². The van der Waals surface area contributed by atoms with E-state index < -0.39 is 77.5 Å². The number of hydrazine groups is 1. The van der Waals surface area contributed by atoms with Gasteiger partial charge in [0, 0.05) is 65.9 Å². The summed E-state index contributed by atoms with van der Waals surface area (Å²) in [5.41, 5.74) is 18.4. The Morgan fingerprint density at radius 3 is 2.00 bits per heavy atom. The fraction of sp³-hybridized carbons (Fsp3) is 0.389. The highest BCUT2D eigenvalue weighted by molar-refractivity contribution is 5.97. The Hall–Kier alpha value is -7.75. The maximum absolute atomic E-state index is 14.7. The average molecular weight is 982 g/mol. The summed E-state index contributed by atoms with van der Waals surface area (Å²) >= 11 is 0. The summed E-state index contributed by atoms with van der Waals surface area (Å²) in [4.78, 5) is 107. The first-order valence-corrected chi connectivity index (χ1v) is 24.4. The second-order valence-electron chi connectivity index (χ2n) is 18.6. The van der Waals surface area contributed by atoms with Crippen LogP contribution in [0.1, 0.15) is 63.1 Å². The lowest BCUT2D eigenvalue weighted by Gasteiger charge is -2.28. The molecule has 18 nitrogen and oxygen atoms in total. The minimum atomic E-state index is -1.30.